The summed E-state index contributed by atoms with van der Waals surface area (Å²) in [5.74, 6) is 0.876. The quantitative estimate of drug-likeness (QED) is 0.768. The van der Waals surface area contributed by atoms with Gasteiger partial charge in [0, 0.05) is 19.1 Å². The third-order valence-electron chi connectivity index (χ3n) is 2.44. The Kier molecular flexibility index (Phi) is 4.37. The number of rotatable bonds is 5. The molecule has 0 aromatic carbocycles. The largest absolute Gasteiger partial charge is 0.397 e. The highest BCUT2D eigenvalue weighted by molar-refractivity contribution is 5.43. The van der Waals surface area contributed by atoms with E-state index in [0.717, 1.165) is 18.9 Å². The van der Waals surface area contributed by atoms with E-state index in [0.29, 0.717) is 11.7 Å². The number of nitrogens with two attached hydrogens (primary N) is 1. The van der Waals surface area contributed by atoms with Crippen molar-refractivity contribution in [2.45, 2.75) is 19.9 Å². The van der Waals surface area contributed by atoms with E-state index in [1.807, 2.05) is 12.1 Å². The second-order valence-corrected chi connectivity index (χ2v) is 3.98. The maximum Gasteiger partial charge on any atom is 0.126 e. The van der Waals surface area contributed by atoms with Crippen LogP contribution < -0.4 is 11.1 Å². The number of nitrogens with zero attached hydrogens (tertiary/aromatic N) is 2. The average Bonchev–Trinajstić information content (AvgIpc) is 2.20. The molecule has 0 fully saturated rings. The van der Waals surface area contributed by atoms with E-state index < -0.39 is 0 Å². The highest BCUT2D eigenvalue weighted by Crippen LogP contribution is 2.05. The third-order valence-corrected chi connectivity index (χ3v) is 2.44. The Morgan fingerprint density at radius 3 is 2.73 bits per heavy atom. The molecule has 0 spiro atoms. The van der Waals surface area contributed by atoms with Gasteiger partial charge in [-0.2, -0.15) is 0 Å². The van der Waals surface area contributed by atoms with Crippen LogP contribution >= 0.6 is 0 Å². The second-order valence-electron chi connectivity index (χ2n) is 3.98. The number of nitrogens with one attached hydrogen (secondary N) is 1. The highest BCUT2D eigenvalue weighted by atomic mass is 15.1. The number of pyridine rings is 1. The summed E-state index contributed by atoms with van der Waals surface area (Å²) in [6, 6.07) is 4.32. The van der Waals surface area contributed by atoms with Crippen LogP contribution in [0.4, 0.5) is 11.5 Å². The van der Waals surface area contributed by atoms with E-state index in [1.54, 1.807) is 6.20 Å². The van der Waals surface area contributed by atoms with E-state index in [9.17, 15) is 0 Å². The molecule has 1 heterocycles. The molecule has 3 N–H and O–H groups in total. The Morgan fingerprint density at radius 2 is 2.20 bits per heavy atom. The smallest absolute Gasteiger partial charge is 0.126 e. The Morgan fingerprint density at radius 1 is 1.47 bits per heavy atom. The molecule has 0 saturated heterocycles. The predicted molar refractivity (Wildman–Crippen MR) is 64.9 cm³/mol. The van der Waals surface area contributed by atoms with Crippen LogP contribution in [-0.4, -0.2) is 36.1 Å². The summed E-state index contributed by atoms with van der Waals surface area (Å²) in [5.41, 5.74) is 6.24. The standard InChI is InChI=1S/C11H20N4/c1-9(2)15(3)7-6-13-11-5-4-10(12)8-14-11/h4-5,8-9H,6-7,12H2,1-3H3,(H,13,14). The van der Waals surface area contributed by atoms with E-state index in [-0.39, 0.29) is 0 Å². The van der Waals surface area contributed by atoms with Crippen LogP contribution in [0, 0.1) is 0 Å². The highest BCUT2D eigenvalue weighted by Gasteiger charge is 2.01. The van der Waals surface area contributed by atoms with Crippen molar-refractivity contribution in [1.29, 1.82) is 0 Å². The second kappa shape index (κ2) is 5.56. The van der Waals surface area contributed by atoms with Gasteiger partial charge >= 0.3 is 0 Å². The van der Waals surface area contributed by atoms with Gasteiger partial charge in [-0.1, -0.05) is 0 Å². The number of anilines is 2. The lowest BCUT2D eigenvalue weighted by molar-refractivity contribution is 0.284. The van der Waals surface area contributed by atoms with Crippen LogP contribution in [0.1, 0.15) is 13.8 Å². The first-order valence-corrected chi connectivity index (χ1v) is 5.25. The van der Waals surface area contributed by atoms with Crippen molar-refractivity contribution in [2.75, 3.05) is 31.2 Å². The first kappa shape index (κ1) is 11.8. The minimum Gasteiger partial charge on any atom is -0.397 e. The van der Waals surface area contributed by atoms with Crippen molar-refractivity contribution in [2.24, 2.45) is 0 Å². The molecular weight excluding hydrogens is 188 g/mol. The SMILES string of the molecule is CC(C)N(C)CCNc1ccc(N)cn1. The molecule has 1 aromatic heterocycles. The fourth-order valence-electron chi connectivity index (χ4n) is 1.13. The Hall–Kier alpha value is -1.29. The van der Waals surface area contributed by atoms with E-state index in [2.05, 4.69) is 36.1 Å². The van der Waals surface area contributed by atoms with E-state index in [1.165, 1.54) is 0 Å². The summed E-state index contributed by atoms with van der Waals surface area (Å²) in [6.07, 6.45) is 1.66. The van der Waals surface area contributed by atoms with Gasteiger partial charge in [0.25, 0.3) is 0 Å². The fourth-order valence-corrected chi connectivity index (χ4v) is 1.13. The van der Waals surface area contributed by atoms with Crippen LogP contribution in [0.25, 0.3) is 0 Å². The molecule has 0 saturated carbocycles. The maximum absolute atomic E-state index is 5.54. The maximum atomic E-state index is 5.54. The monoisotopic (exact) mass is 208 g/mol. The van der Waals surface area contributed by atoms with E-state index in [4.69, 9.17) is 5.73 Å². The minimum atomic E-state index is 0.575. The molecular formula is C11H20N4. The molecule has 0 aliphatic heterocycles. The van der Waals surface area contributed by atoms with Crippen LogP contribution in [0.15, 0.2) is 18.3 Å². The van der Waals surface area contributed by atoms with Crippen LogP contribution in [0.5, 0.6) is 0 Å². The average molecular weight is 208 g/mol. The molecule has 15 heavy (non-hydrogen) atoms. The van der Waals surface area contributed by atoms with Gasteiger partial charge in [-0.3, -0.25) is 0 Å². The van der Waals surface area contributed by atoms with Gasteiger partial charge in [-0.25, -0.2) is 4.98 Å². The lowest BCUT2D eigenvalue weighted by atomic mass is 10.3. The van der Waals surface area contributed by atoms with Gasteiger partial charge in [-0.05, 0) is 33.0 Å². The Labute approximate surface area is 91.5 Å². The van der Waals surface area contributed by atoms with Gasteiger partial charge in [0.2, 0.25) is 0 Å². The van der Waals surface area contributed by atoms with Gasteiger partial charge in [-0.15, -0.1) is 0 Å². The molecule has 84 valence electrons. The zero-order chi connectivity index (χ0) is 11.3. The molecule has 1 rings (SSSR count). The summed E-state index contributed by atoms with van der Waals surface area (Å²) in [6.45, 7) is 6.26. The van der Waals surface area contributed by atoms with Crippen molar-refractivity contribution >= 4 is 11.5 Å². The number of hydrogen-bond donors (Lipinski definition) is 2. The van der Waals surface area contributed by atoms with Crippen molar-refractivity contribution in [1.82, 2.24) is 9.88 Å². The summed E-state index contributed by atoms with van der Waals surface area (Å²) < 4.78 is 0. The summed E-state index contributed by atoms with van der Waals surface area (Å²) in [7, 11) is 2.11. The van der Waals surface area contributed by atoms with Gasteiger partial charge in [0.1, 0.15) is 5.82 Å². The van der Waals surface area contributed by atoms with Crippen molar-refractivity contribution < 1.29 is 0 Å². The van der Waals surface area contributed by atoms with Crippen molar-refractivity contribution in [3.63, 3.8) is 0 Å². The normalized spacial score (nSPS) is 11.0. The zero-order valence-corrected chi connectivity index (χ0v) is 9.70. The Bertz CT molecular complexity index is 281. The molecule has 0 amide bonds. The number of likely N-dealkylation sites (N-methyl/N-ethyl adjacent to an activating group) is 1. The fraction of sp³-hybridized carbons (Fsp3) is 0.545. The molecule has 0 aliphatic carbocycles. The van der Waals surface area contributed by atoms with Gasteiger partial charge < -0.3 is 16.0 Å². The van der Waals surface area contributed by atoms with Crippen LogP contribution in [0.3, 0.4) is 0 Å². The van der Waals surface area contributed by atoms with Gasteiger partial charge in [0.15, 0.2) is 0 Å². The number of hydrogen-bond acceptors (Lipinski definition) is 4. The number of aromatic nitrogens is 1. The Balaban J connectivity index is 2.29. The van der Waals surface area contributed by atoms with Crippen LogP contribution in [-0.2, 0) is 0 Å². The molecule has 1 aromatic rings. The van der Waals surface area contributed by atoms with Crippen LogP contribution in [0.2, 0.25) is 0 Å². The zero-order valence-electron chi connectivity index (χ0n) is 9.70. The predicted octanol–water partition coefficient (Wildman–Crippen LogP) is 1.42. The summed E-state index contributed by atoms with van der Waals surface area (Å²) in [4.78, 5) is 6.45. The van der Waals surface area contributed by atoms with Crippen molar-refractivity contribution in [3.8, 4) is 0 Å². The topological polar surface area (TPSA) is 54.2 Å². The summed E-state index contributed by atoms with van der Waals surface area (Å²) in [5, 5.41) is 3.25. The third kappa shape index (κ3) is 4.16. The molecule has 4 nitrogen and oxygen atoms in total. The molecule has 0 atom stereocenters. The number of nitrogen functional groups attached to an aromatic ring is 1. The van der Waals surface area contributed by atoms with Crippen molar-refractivity contribution in [3.05, 3.63) is 18.3 Å². The summed E-state index contributed by atoms with van der Waals surface area (Å²) >= 11 is 0. The molecule has 0 bridgehead atoms. The lowest BCUT2D eigenvalue weighted by Gasteiger charge is -2.20. The van der Waals surface area contributed by atoms with Gasteiger partial charge in [0.05, 0.1) is 11.9 Å². The lowest BCUT2D eigenvalue weighted by Crippen LogP contribution is -2.31. The molecule has 4 heteroatoms. The molecule has 0 unspecified atom stereocenters. The minimum absolute atomic E-state index is 0.575. The van der Waals surface area contributed by atoms with E-state index >= 15 is 0 Å². The molecule has 0 aliphatic rings. The first-order valence-electron chi connectivity index (χ1n) is 5.25. The first-order chi connectivity index (χ1) is 7.09. The molecule has 0 radical (unpaired) electrons.